The van der Waals surface area contributed by atoms with E-state index in [-0.39, 0.29) is 22.9 Å². The van der Waals surface area contributed by atoms with Gasteiger partial charge >= 0.3 is 0 Å². The van der Waals surface area contributed by atoms with Gasteiger partial charge in [0.25, 0.3) is 11.8 Å². The summed E-state index contributed by atoms with van der Waals surface area (Å²) in [6, 6.07) is 16.0. The lowest BCUT2D eigenvalue weighted by Crippen LogP contribution is -2.49. The van der Waals surface area contributed by atoms with Crippen LogP contribution in [0.25, 0.3) is 23.0 Å². The third kappa shape index (κ3) is 5.71. The second-order valence-electron chi connectivity index (χ2n) is 10.5. The Kier molecular flexibility index (Phi) is 8.44. The van der Waals surface area contributed by atoms with Gasteiger partial charge in [0.05, 0.1) is 12.3 Å². The molecule has 1 fully saturated rings. The van der Waals surface area contributed by atoms with Gasteiger partial charge in [0.15, 0.2) is 11.6 Å². The zero-order chi connectivity index (χ0) is 28.9. The summed E-state index contributed by atoms with van der Waals surface area (Å²) in [7, 11) is 0. The molecular weight excluding hydrogens is 519 g/mol. The average Bonchev–Trinajstić information content (AvgIpc) is 3.41. The first-order valence-corrected chi connectivity index (χ1v) is 14.2. The third-order valence-corrected chi connectivity index (χ3v) is 7.74. The zero-order valence-corrected chi connectivity index (χ0v) is 23.4. The van der Waals surface area contributed by atoms with Crippen molar-refractivity contribution in [2.75, 3.05) is 6.61 Å². The summed E-state index contributed by atoms with van der Waals surface area (Å²) in [6.45, 7) is 4.10. The number of halogens is 1. The first-order chi connectivity index (χ1) is 19.9. The van der Waals surface area contributed by atoms with Crippen LogP contribution >= 0.6 is 0 Å². The normalized spacial score (nSPS) is 17.3. The molecule has 2 aromatic carbocycles. The zero-order valence-electron chi connectivity index (χ0n) is 23.4. The number of benzene rings is 2. The summed E-state index contributed by atoms with van der Waals surface area (Å²) in [6.07, 6.45) is 9.60. The molecule has 1 aliphatic heterocycles. The molecule has 0 N–H and O–H groups in total. The molecule has 1 saturated carbocycles. The van der Waals surface area contributed by atoms with Crippen molar-refractivity contribution in [3.63, 3.8) is 0 Å². The number of hydrogen-bond acceptors (Lipinski definition) is 5. The van der Waals surface area contributed by atoms with E-state index in [9.17, 15) is 14.9 Å². The van der Waals surface area contributed by atoms with E-state index in [1.165, 1.54) is 11.0 Å². The first-order valence-electron chi connectivity index (χ1n) is 14.2. The molecule has 2 amide bonds. The molecule has 0 bridgehead atoms. The van der Waals surface area contributed by atoms with Crippen LogP contribution in [0.2, 0.25) is 0 Å². The predicted molar refractivity (Wildman–Crippen MR) is 154 cm³/mol. The molecule has 7 nitrogen and oxygen atoms in total. The van der Waals surface area contributed by atoms with Crippen LogP contribution in [0.3, 0.4) is 0 Å². The predicted octanol–water partition coefficient (Wildman–Crippen LogP) is 6.78. The van der Waals surface area contributed by atoms with Gasteiger partial charge in [-0.25, -0.2) is 9.07 Å². The molecule has 0 radical (unpaired) electrons. The van der Waals surface area contributed by atoms with Gasteiger partial charge in [-0.1, -0.05) is 50.8 Å². The second-order valence-corrected chi connectivity index (χ2v) is 10.5. The Morgan fingerprint density at radius 3 is 2.54 bits per heavy atom. The van der Waals surface area contributed by atoms with E-state index in [2.05, 4.69) is 0 Å². The molecule has 0 spiro atoms. The SMILES string of the molecule is CCCCOc1ccc(-c2nn(-c3ccccc3)cc2/C=C2/C(=O)N(C3CCCCC3)C(=O)C(C#N)=C2C)cc1F. The number of nitriles is 1. The van der Waals surface area contributed by atoms with Crippen molar-refractivity contribution in [2.24, 2.45) is 0 Å². The number of aromatic nitrogens is 2. The monoisotopic (exact) mass is 552 g/mol. The van der Waals surface area contributed by atoms with Crippen LogP contribution in [0.4, 0.5) is 4.39 Å². The van der Waals surface area contributed by atoms with Gasteiger partial charge in [-0.3, -0.25) is 14.5 Å². The van der Waals surface area contributed by atoms with E-state index in [0.29, 0.717) is 29.0 Å². The summed E-state index contributed by atoms with van der Waals surface area (Å²) in [5.74, 6) is -1.27. The number of carbonyl (C=O) groups is 2. The number of ether oxygens (including phenoxy) is 1. The Morgan fingerprint density at radius 2 is 1.85 bits per heavy atom. The molecule has 2 heterocycles. The maximum Gasteiger partial charge on any atom is 0.271 e. The lowest BCUT2D eigenvalue weighted by atomic mass is 9.88. The summed E-state index contributed by atoms with van der Waals surface area (Å²) < 4.78 is 22.4. The minimum absolute atomic E-state index is 0.0296. The van der Waals surface area contributed by atoms with Gasteiger partial charge in [0, 0.05) is 28.9 Å². The molecule has 1 aromatic heterocycles. The molecular formula is C33H33FN4O3. The van der Waals surface area contributed by atoms with E-state index in [0.717, 1.165) is 50.6 Å². The van der Waals surface area contributed by atoms with Crippen LogP contribution in [-0.4, -0.2) is 39.1 Å². The van der Waals surface area contributed by atoms with Gasteiger partial charge in [0.2, 0.25) is 0 Å². The number of carbonyl (C=O) groups excluding carboxylic acids is 2. The summed E-state index contributed by atoms with van der Waals surface area (Å²) >= 11 is 0. The quantitative estimate of drug-likeness (QED) is 0.175. The minimum Gasteiger partial charge on any atom is -0.491 e. The topological polar surface area (TPSA) is 88.2 Å². The highest BCUT2D eigenvalue weighted by Gasteiger charge is 2.40. The maximum absolute atomic E-state index is 15.1. The molecule has 0 saturated heterocycles. The van der Waals surface area contributed by atoms with Crippen LogP contribution in [0.1, 0.15) is 64.4 Å². The van der Waals surface area contributed by atoms with Gasteiger partial charge < -0.3 is 4.74 Å². The van der Waals surface area contributed by atoms with E-state index in [4.69, 9.17) is 9.84 Å². The highest BCUT2D eigenvalue weighted by Crippen LogP contribution is 2.35. The van der Waals surface area contributed by atoms with Gasteiger partial charge in [-0.15, -0.1) is 0 Å². The van der Waals surface area contributed by atoms with Crippen molar-refractivity contribution in [3.05, 3.63) is 82.8 Å². The lowest BCUT2D eigenvalue weighted by Gasteiger charge is -2.36. The van der Waals surface area contributed by atoms with Crippen molar-refractivity contribution in [1.29, 1.82) is 5.26 Å². The average molecular weight is 553 g/mol. The van der Waals surface area contributed by atoms with Crippen molar-refractivity contribution in [3.8, 4) is 28.8 Å². The van der Waals surface area contributed by atoms with Crippen LogP contribution in [0.5, 0.6) is 5.75 Å². The number of para-hydroxylation sites is 1. The van der Waals surface area contributed by atoms with Gasteiger partial charge in [-0.05, 0) is 68.2 Å². The summed E-state index contributed by atoms with van der Waals surface area (Å²) in [4.78, 5) is 28.4. The van der Waals surface area contributed by atoms with Gasteiger partial charge in [0.1, 0.15) is 17.3 Å². The summed E-state index contributed by atoms with van der Waals surface area (Å²) in [5, 5.41) is 14.6. The number of rotatable bonds is 8. The summed E-state index contributed by atoms with van der Waals surface area (Å²) in [5.41, 5.74) is 2.89. The molecule has 41 heavy (non-hydrogen) atoms. The molecule has 5 rings (SSSR count). The molecule has 0 atom stereocenters. The number of hydrogen-bond donors (Lipinski definition) is 0. The van der Waals surface area contributed by atoms with E-state index in [1.54, 1.807) is 36.0 Å². The second kappa shape index (κ2) is 12.3. The van der Waals surface area contributed by atoms with Crippen LogP contribution in [0.15, 0.2) is 71.4 Å². The molecule has 1 aliphatic carbocycles. The largest absolute Gasteiger partial charge is 0.491 e. The third-order valence-electron chi connectivity index (χ3n) is 7.74. The fraction of sp³-hybridized carbons (Fsp3) is 0.333. The Bertz CT molecular complexity index is 1560. The van der Waals surface area contributed by atoms with Gasteiger partial charge in [-0.2, -0.15) is 10.4 Å². The molecule has 210 valence electrons. The Balaban J connectivity index is 1.62. The highest BCUT2D eigenvalue weighted by atomic mass is 19.1. The van der Waals surface area contributed by atoms with Crippen LogP contribution in [-0.2, 0) is 9.59 Å². The Morgan fingerprint density at radius 1 is 1.10 bits per heavy atom. The Hall–Kier alpha value is -4.51. The van der Waals surface area contributed by atoms with Crippen LogP contribution < -0.4 is 4.74 Å². The number of unbranched alkanes of at least 4 members (excludes halogenated alkanes) is 1. The van der Waals surface area contributed by atoms with Crippen molar-refractivity contribution < 1.29 is 18.7 Å². The number of imide groups is 1. The number of amides is 2. The highest BCUT2D eigenvalue weighted by molar-refractivity contribution is 6.20. The fourth-order valence-corrected chi connectivity index (χ4v) is 5.45. The Labute approximate surface area is 239 Å². The molecule has 2 aliphatic rings. The molecule has 8 heteroatoms. The standard InChI is InChI=1S/C33H33FN4O3/c1-3-4-17-41-30-16-15-23(19-29(30)34)31-24(21-37(36-31)25-11-7-5-8-12-25)18-27-22(2)28(20-35)33(40)38(32(27)39)26-13-9-6-10-14-26/h5,7-8,11-12,15-16,18-19,21,26H,3-4,6,9-10,13-14,17H2,1-2H3/b27-18+. The number of nitrogens with zero attached hydrogens (tertiary/aromatic N) is 4. The molecule has 0 unspecified atom stereocenters. The van der Waals surface area contributed by atoms with E-state index in [1.807, 2.05) is 43.3 Å². The first kappa shape index (κ1) is 28.0. The van der Waals surface area contributed by atoms with E-state index >= 15 is 4.39 Å². The van der Waals surface area contributed by atoms with E-state index < -0.39 is 17.6 Å². The van der Waals surface area contributed by atoms with Crippen molar-refractivity contribution in [1.82, 2.24) is 14.7 Å². The van der Waals surface area contributed by atoms with Crippen molar-refractivity contribution in [2.45, 2.75) is 64.8 Å². The molecule has 3 aromatic rings. The van der Waals surface area contributed by atoms with Crippen molar-refractivity contribution >= 4 is 17.9 Å². The fourth-order valence-electron chi connectivity index (χ4n) is 5.45. The van der Waals surface area contributed by atoms with Crippen LogP contribution in [0, 0.1) is 17.1 Å². The smallest absolute Gasteiger partial charge is 0.271 e. The maximum atomic E-state index is 15.1. The minimum atomic E-state index is -0.528. The lowest BCUT2D eigenvalue weighted by molar-refractivity contribution is -0.143.